The van der Waals surface area contributed by atoms with Crippen LogP contribution in [0.1, 0.15) is 5.56 Å². The molecule has 0 amide bonds. The lowest BCUT2D eigenvalue weighted by atomic mass is 10.1. The molecule has 82 valence electrons. The van der Waals surface area contributed by atoms with E-state index in [0.29, 0.717) is 11.3 Å². The fraction of sp³-hybridized carbons (Fsp3) is 0.154. The molecule has 0 saturated carbocycles. The molecule has 0 aliphatic rings. The summed E-state index contributed by atoms with van der Waals surface area (Å²) >= 11 is 0. The summed E-state index contributed by atoms with van der Waals surface area (Å²) < 4.78 is 18.4. The summed E-state index contributed by atoms with van der Waals surface area (Å²) in [5.74, 6) is 0.479. The second-order valence-corrected chi connectivity index (χ2v) is 3.52. The van der Waals surface area contributed by atoms with Gasteiger partial charge in [0.05, 0.1) is 7.11 Å². The Morgan fingerprint density at radius 2 is 2.06 bits per heavy atom. The van der Waals surface area contributed by atoms with E-state index in [1.54, 1.807) is 38.4 Å². The number of aromatic nitrogens is 1. The smallest absolute Gasteiger partial charge is 0.145 e. The van der Waals surface area contributed by atoms with Gasteiger partial charge >= 0.3 is 0 Å². The largest absolute Gasteiger partial charge is 0.494 e. The van der Waals surface area contributed by atoms with Gasteiger partial charge in [-0.05, 0) is 42.8 Å². The highest BCUT2D eigenvalue weighted by Crippen LogP contribution is 2.28. The lowest BCUT2D eigenvalue weighted by molar-refractivity contribution is 0.415. The summed E-state index contributed by atoms with van der Waals surface area (Å²) in [5.41, 5.74) is 2.19. The second kappa shape index (κ2) is 4.31. The molecule has 2 aromatic rings. The number of ether oxygens (including phenoxy) is 1. The molecule has 0 atom stereocenters. The van der Waals surface area contributed by atoms with Crippen molar-refractivity contribution < 1.29 is 9.13 Å². The first-order valence-corrected chi connectivity index (χ1v) is 4.98. The predicted octanol–water partition coefficient (Wildman–Crippen LogP) is 3.20. The highest BCUT2D eigenvalue weighted by atomic mass is 19.1. The van der Waals surface area contributed by atoms with Crippen LogP contribution < -0.4 is 4.74 Å². The predicted molar refractivity (Wildman–Crippen MR) is 60.9 cm³/mol. The number of pyridine rings is 1. The van der Waals surface area contributed by atoms with Gasteiger partial charge in [0, 0.05) is 11.8 Å². The zero-order chi connectivity index (χ0) is 11.5. The van der Waals surface area contributed by atoms with Gasteiger partial charge in [0.1, 0.15) is 17.3 Å². The van der Waals surface area contributed by atoms with Crippen molar-refractivity contribution in [2.75, 3.05) is 7.11 Å². The number of hydrogen-bond donors (Lipinski definition) is 0. The maximum absolute atomic E-state index is 13.1. The summed E-state index contributed by atoms with van der Waals surface area (Å²) in [4.78, 5) is 4.24. The van der Waals surface area contributed by atoms with Crippen LogP contribution in [0.4, 0.5) is 4.39 Å². The molecule has 0 saturated heterocycles. The van der Waals surface area contributed by atoms with Gasteiger partial charge in [-0.15, -0.1) is 0 Å². The minimum Gasteiger partial charge on any atom is -0.494 e. The molecular formula is C13H12FNO. The second-order valence-electron chi connectivity index (χ2n) is 3.52. The lowest BCUT2D eigenvalue weighted by Crippen LogP contribution is -1.91. The van der Waals surface area contributed by atoms with Gasteiger partial charge in [-0.3, -0.25) is 4.98 Å². The molecule has 0 fully saturated rings. The van der Waals surface area contributed by atoms with Gasteiger partial charge in [0.25, 0.3) is 0 Å². The molecule has 0 aliphatic carbocycles. The quantitative estimate of drug-likeness (QED) is 0.770. The topological polar surface area (TPSA) is 22.1 Å². The molecule has 0 radical (unpaired) electrons. The fourth-order valence-corrected chi connectivity index (χ4v) is 1.56. The standard InChI is InChI=1S/C13H12FNO/c1-9-8-10(5-6-11(9)14)13-12(16-2)4-3-7-15-13/h3-8H,1-2H3. The molecule has 2 rings (SSSR count). The molecular weight excluding hydrogens is 205 g/mol. The van der Waals surface area contributed by atoms with Crippen LogP contribution in [-0.4, -0.2) is 12.1 Å². The Morgan fingerprint density at radius 3 is 2.75 bits per heavy atom. The highest BCUT2D eigenvalue weighted by molar-refractivity contribution is 5.66. The summed E-state index contributed by atoms with van der Waals surface area (Å²) in [7, 11) is 1.59. The van der Waals surface area contributed by atoms with Crippen LogP contribution in [0.25, 0.3) is 11.3 Å². The van der Waals surface area contributed by atoms with Gasteiger partial charge < -0.3 is 4.74 Å². The Balaban J connectivity index is 2.54. The summed E-state index contributed by atoms with van der Waals surface area (Å²) in [6.45, 7) is 1.73. The Labute approximate surface area is 93.7 Å². The van der Waals surface area contributed by atoms with E-state index < -0.39 is 0 Å². The van der Waals surface area contributed by atoms with Crippen LogP contribution >= 0.6 is 0 Å². The third kappa shape index (κ3) is 1.89. The summed E-state index contributed by atoms with van der Waals surface area (Å²) in [6.07, 6.45) is 1.69. The van der Waals surface area contributed by atoms with E-state index in [1.807, 2.05) is 6.07 Å². The van der Waals surface area contributed by atoms with Crippen LogP contribution in [0.15, 0.2) is 36.5 Å². The molecule has 0 aliphatic heterocycles. The third-order valence-corrected chi connectivity index (χ3v) is 2.42. The first kappa shape index (κ1) is 10.6. The van der Waals surface area contributed by atoms with Gasteiger partial charge in [-0.1, -0.05) is 0 Å². The molecule has 16 heavy (non-hydrogen) atoms. The normalized spacial score (nSPS) is 10.2. The van der Waals surface area contributed by atoms with Gasteiger partial charge in [-0.2, -0.15) is 0 Å². The van der Waals surface area contributed by atoms with Gasteiger partial charge in [-0.25, -0.2) is 4.39 Å². The Hall–Kier alpha value is -1.90. The fourth-order valence-electron chi connectivity index (χ4n) is 1.56. The summed E-state index contributed by atoms with van der Waals surface area (Å²) in [5, 5.41) is 0. The third-order valence-electron chi connectivity index (χ3n) is 2.42. The van der Waals surface area contributed by atoms with E-state index in [-0.39, 0.29) is 5.82 Å². The van der Waals surface area contributed by atoms with Crippen molar-refractivity contribution in [2.45, 2.75) is 6.92 Å². The van der Waals surface area contributed by atoms with E-state index in [1.165, 1.54) is 6.07 Å². The first-order valence-electron chi connectivity index (χ1n) is 4.98. The number of benzene rings is 1. The van der Waals surface area contributed by atoms with E-state index >= 15 is 0 Å². The van der Waals surface area contributed by atoms with Crippen LogP contribution in [0.5, 0.6) is 5.75 Å². The molecule has 1 heterocycles. The molecule has 2 nitrogen and oxygen atoms in total. The minimum absolute atomic E-state index is 0.210. The van der Waals surface area contributed by atoms with Crippen molar-refractivity contribution in [3.8, 4) is 17.0 Å². The van der Waals surface area contributed by atoms with E-state index in [2.05, 4.69) is 4.98 Å². The average Bonchev–Trinajstić information content (AvgIpc) is 2.32. The Bertz CT molecular complexity index is 511. The molecule has 1 aromatic heterocycles. The van der Waals surface area contributed by atoms with Gasteiger partial charge in [0.15, 0.2) is 0 Å². The van der Waals surface area contributed by atoms with Crippen molar-refractivity contribution in [1.82, 2.24) is 4.98 Å². The zero-order valence-corrected chi connectivity index (χ0v) is 9.20. The van der Waals surface area contributed by atoms with Crippen LogP contribution in [-0.2, 0) is 0 Å². The SMILES string of the molecule is COc1cccnc1-c1ccc(F)c(C)c1. The highest BCUT2D eigenvalue weighted by Gasteiger charge is 2.07. The van der Waals surface area contributed by atoms with E-state index in [9.17, 15) is 4.39 Å². The lowest BCUT2D eigenvalue weighted by Gasteiger charge is -2.07. The van der Waals surface area contributed by atoms with Crippen LogP contribution in [0.3, 0.4) is 0 Å². The molecule has 0 bridgehead atoms. The number of nitrogens with zero attached hydrogens (tertiary/aromatic N) is 1. The molecule has 3 heteroatoms. The summed E-state index contributed by atoms with van der Waals surface area (Å²) in [6, 6.07) is 8.55. The molecule has 1 aromatic carbocycles. The van der Waals surface area contributed by atoms with Gasteiger partial charge in [0.2, 0.25) is 0 Å². The zero-order valence-electron chi connectivity index (χ0n) is 9.20. The van der Waals surface area contributed by atoms with E-state index in [4.69, 9.17) is 4.74 Å². The molecule has 0 unspecified atom stereocenters. The maximum atomic E-state index is 13.1. The number of halogens is 1. The molecule has 0 N–H and O–H groups in total. The van der Waals surface area contributed by atoms with Crippen LogP contribution in [0, 0.1) is 12.7 Å². The number of rotatable bonds is 2. The van der Waals surface area contributed by atoms with Crippen molar-refractivity contribution in [1.29, 1.82) is 0 Å². The number of methoxy groups -OCH3 is 1. The Kier molecular flexibility index (Phi) is 2.86. The number of hydrogen-bond acceptors (Lipinski definition) is 2. The monoisotopic (exact) mass is 217 g/mol. The average molecular weight is 217 g/mol. The number of aryl methyl sites for hydroxylation is 1. The van der Waals surface area contributed by atoms with Crippen molar-refractivity contribution in [2.24, 2.45) is 0 Å². The first-order chi connectivity index (χ1) is 7.72. The van der Waals surface area contributed by atoms with Crippen LogP contribution in [0.2, 0.25) is 0 Å². The Morgan fingerprint density at radius 1 is 1.25 bits per heavy atom. The van der Waals surface area contributed by atoms with Crippen molar-refractivity contribution in [3.05, 3.63) is 47.9 Å². The minimum atomic E-state index is -0.210. The maximum Gasteiger partial charge on any atom is 0.145 e. The molecule has 0 spiro atoms. The van der Waals surface area contributed by atoms with Crippen molar-refractivity contribution >= 4 is 0 Å². The van der Waals surface area contributed by atoms with E-state index in [0.717, 1.165) is 11.3 Å². The van der Waals surface area contributed by atoms with Crippen molar-refractivity contribution in [3.63, 3.8) is 0 Å².